The Morgan fingerprint density at radius 2 is 1.90 bits per heavy atom. The summed E-state index contributed by atoms with van der Waals surface area (Å²) in [4.78, 5) is 20.5. The minimum absolute atomic E-state index is 0.272. The molecule has 1 amide bonds. The maximum atomic E-state index is 10.5. The number of nitrogen functional groups attached to an aromatic ring is 1. The van der Waals surface area contributed by atoms with Gasteiger partial charge in [0.25, 0.3) is 0 Å². The molecule has 0 saturated heterocycles. The normalized spacial score (nSPS) is 10.9. The van der Waals surface area contributed by atoms with Crippen LogP contribution < -0.4 is 11.2 Å². The van der Waals surface area contributed by atoms with Crippen molar-refractivity contribution in [3.63, 3.8) is 0 Å². The average molecular weight is 282 g/mol. The van der Waals surface area contributed by atoms with E-state index in [9.17, 15) is 9.59 Å². The first-order valence-corrected chi connectivity index (χ1v) is 6.47. The first-order chi connectivity index (χ1) is 9.60. The number of rotatable bonds is 7. The van der Waals surface area contributed by atoms with Crippen LogP contribution in [-0.2, 0) is 9.59 Å². The monoisotopic (exact) mass is 282 g/mol. The summed E-state index contributed by atoms with van der Waals surface area (Å²) in [6.45, 7) is 0. The van der Waals surface area contributed by atoms with Gasteiger partial charge >= 0.3 is 0 Å². The second kappa shape index (κ2) is 12.1. The Labute approximate surface area is 118 Å². The molecule has 5 N–H and O–H groups in total. The van der Waals surface area contributed by atoms with Gasteiger partial charge in [0.05, 0.1) is 0 Å². The molecule has 0 bridgehead atoms. The zero-order valence-electron chi connectivity index (χ0n) is 11.4. The summed E-state index contributed by atoms with van der Waals surface area (Å²) in [5, 5.41) is 17.0. The van der Waals surface area contributed by atoms with Crippen molar-refractivity contribution in [2.75, 3.05) is 5.73 Å². The molecule has 0 aliphatic carbocycles. The van der Waals surface area contributed by atoms with E-state index in [0.717, 1.165) is 12.1 Å². The Morgan fingerprint density at radius 3 is 2.35 bits per heavy atom. The fourth-order valence-corrected chi connectivity index (χ4v) is 1.39. The fourth-order valence-electron chi connectivity index (χ4n) is 1.39. The van der Waals surface area contributed by atoms with E-state index < -0.39 is 12.0 Å². The van der Waals surface area contributed by atoms with Crippen LogP contribution >= 0.6 is 0 Å². The van der Waals surface area contributed by atoms with Gasteiger partial charge in [-0.3, -0.25) is 10.0 Å². The van der Waals surface area contributed by atoms with Crippen molar-refractivity contribution in [2.45, 2.75) is 38.2 Å². The first kappa shape index (κ1) is 18.1. The van der Waals surface area contributed by atoms with Crippen LogP contribution in [0.1, 0.15) is 32.1 Å². The van der Waals surface area contributed by atoms with Gasteiger partial charge in [0.2, 0.25) is 5.91 Å². The van der Waals surface area contributed by atoms with Gasteiger partial charge in [-0.25, -0.2) is 5.48 Å². The van der Waals surface area contributed by atoms with E-state index in [1.807, 2.05) is 30.3 Å². The summed E-state index contributed by atoms with van der Waals surface area (Å²) in [5.41, 5.74) is 7.71. The fraction of sp³-hybridized carbons (Fsp3) is 0.429. The molecule has 0 saturated carbocycles. The van der Waals surface area contributed by atoms with Gasteiger partial charge in [0, 0.05) is 12.1 Å². The molecular weight excluding hydrogens is 260 g/mol. The molecule has 0 heterocycles. The van der Waals surface area contributed by atoms with Crippen molar-refractivity contribution >= 4 is 17.9 Å². The standard InChI is InChI=1S/C8H15NO4.C6H7N/c10-6-7(11)4-2-1-3-5-8(12)9-13;7-6-4-2-1-3-5-6/h6-7,11,13H,1-5H2,(H,9,12);1-5H,7H2. The third kappa shape index (κ3) is 11.2. The van der Waals surface area contributed by atoms with Crippen LogP contribution in [0.4, 0.5) is 5.69 Å². The highest BCUT2D eigenvalue weighted by atomic mass is 16.5. The number of aliphatic hydroxyl groups excluding tert-OH is 1. The van der Waals surface area contributed by atoms with Gasteiger partial charge in [-0.1, -0.05) is 31.0 Å². The van der Waals surface area contributed by atoms with E-state index in [2.05, 4.69) is 0 Å². The van der Waals surface area contributed by atoms with Crippen molar-refractivity contribution in [3.8, 4) is 0 Å². The van der Waals surface area contributed by atoms with Crippen LogP contribution in [0.3, 0.4) is 0 Å². The summed E-state index contributed by atoms with van der Waals surface area (Å²) in [6, 6.07) is 9.49. The van der Waals surface area contributed by atoms with Crippen molar-refractivity contribution in [1.82, 2.24) is 5.48 Å². The van der Waals surface area contributed by atoms with Gasteiger partial charge in [0.1, 0.15) is 12.4 Å². The van der Waals surface area contributed by atoms with Crippen molar-refractivity contribution < 1.29 is 19.9 Å². The number of nitrogens with two attached hydrogens (primary N) is 1. The second-order valence-electron chi connectivity index (χ2n) is 4.25. The number of benzene rings is 1. The molecule has 0 spiro atoms. The molecule has 1 aromatic carbocycles. The molecule has 112 valence electrons. The number of anilines is 1. The Kier molecular flexibility index (Phi) is 11.0. The highest BCUT2D eigenvalue weighted by Gasteiger charge is 2.02. The van der Waals surface area contributed by atoms with Crippen LogP contribution in [0.5, 0.6) is 0 Å². The number of aliphatic hydroxyl groups is 1. The largest absolute Gasteiger partial charge is 0.399 e. The van der Waals surface area contributed by atoms with Gasteiger partial charge < -0.3 is 15.6 Å². The second-order valence-corrected chi connectivity index (χ2v) is 4.25. The summed E-state index contributed by atoms with van der Waals surface area (Å²) < 4.78 is 0. The van der Waals surface area contributed by atoms with E-state index in [1.54, 1.807) is 0 Å². The van der Waals surface area contributed by atoms with Crippen LogP contribution in [0.15, 0.2) is 30.3 Å². The van der Waals surface area contributed by atoms with Gasteiger partial charge in [-0.15, -0.1) is 0 Å². The molecule has 1 rings (SSSR count). The van der Waals surface area contributed by atoms with E-state index in [0.29, 0.717) is 25.5 Å². The van der Waals surface area contributed by atoms with Gasteiger partial charge in [0.15, 0.2) is 0 Å². The van der Waals surface area contributed by atoms with E-state index in [-0.39, 0.29) is 6.42 Å². The molecule has 0 aromatic heterocycles. The third-order valence-electron chi connectivity index (χ3n) is 2.49. The zero-order valence-corrected chi connectivity index (χ0v) is 11.4. The predicted molar refractivity (Wildman–Crippen MR) is 75.9 cm³/mol. The predicted octanol–water partition coefficient (Wildman–Crippen LogP) is 1.27. The Morgan fingerprint density at radius 1 is 1.25 bits per heavy atom. The van der Waals surface area contributed by atoms with Crippen LogP contribution in [0, 0.1) is 0 Å². The van der Waals surface area contributed by atoms with Crippen LogP contribution in [0.2, 0.25) is 0 Å². The highest BCUT2D eigenvalue weighted by molar-refractivity contribution is 5.74. The van der Waals surface area contributed by atoms with Gasteiger partial charge in [-0.05, 0) is 25.0 Å². The third-order valence-corrected chi connectivity index (χ3v) is 2.49. The number of amides is 1. The number of carbonyl (C=O) groups excluding carboxylic acids is 2. The zero-order chi connectivity index (χ0) is 15.2. The SMILES string of the molecule is Nc1ccccc1.O=CC(O)CCCCCC(=O)NO. The number of hydrogen-bond acceptors (Lipinski definition) is 5. The molecule has 0 fully saturated rings. The first-order valence-electron chi connectivity index (χ1n) is 6.47. The van der Waals surface area contributed by atoms with Gasteiger partial charge in [-0.2, -0.15) is 0 Å². The average Bonchev–Trinajstić information content (AvgIpc) is 2.47. The summed E-state index contributed by atoms with van der Waals surface area (Å²) >= 11 is 0. The van der Waals surface area contributed by atoms with Crippen molar-refractivity contribution in [1.29, 1.82) is 0 Å². The summed E-state index contributed by atoms with van der Waals surface area (Å²) in [5.74, 6) is -0.407. The number of unbranched alkanes of at least 4 members (excludes halogenated alkanes) is 2. The molecule has 1 unspecified atom stereocenters. The number of aldehydes is 1. The molecule has 0 aliphatic rings. The molecule has 1 atom stereocenters. The number of hydroxylamine groups is 1. The van der Waals surface area contributed by atoms with Crippen LogP contribution in [0.25, 0.3) is 0 Å². The van der Waals surface area contributed by atoms with E-state index >= 15 is 0 Å². The lowest BCUT2D eigenvalue weighted by molar-refractivity contribution is -0.129. The minimum Gasteiger partial charge on any atom is -0.399 e. The molecule has 20 heavy (non-hydrogen) atoms. The maximum Gasteiger partial charge on any atom is 0.243 e. The lowest BCUT2D eigenvalue weighted by Crippen LogP contribution is -2.17. The lowest BCUT2D eigenvalue weighted by atomic mass is 10.1. The lowest BCUT2D eigenvalue weighted by Gasteiger charge is -2.01. The Bertz CT molecular complexity index is 371. The van der Waals surface area contributed by atoms with E-state index in [1.165, 1.54) is 5.48 Å². The maximum absolute atomic E-state index is 10.5. The van der Waals surface area contributed by atoms with Crippen LogP contribution in [-0.4, -0.2) is 28.6 Å². The molecule has 0 aliphatic heterocycles. The minimum atomic E-state index is -0.883. The van der Waals surface area contributed by atoms with E-state index in [4.69, 9.17) is 16.0 Å². The summed E-state index contributed by atoms with van der Waals surface area (Å²) in [6.07, 6.45) is 2.44. The number of carbonyl (C=O) groups is 2. The molecule has 6 nitrogen and oxygen atoms in total. The smallest absolute Gasteiger partial charge is 0.243 e. The molecular formula is C14H22N2O4. The Balaban J connectivity index is 0.000000428. The Hall–Kier alpha value is -1.92. The number of nitrogens with one attached hydrogen (secondary N) is 1. The summed E-state index contributed by atoms with van der Waals surface area (Å²) in [7, 11) is 0. The van der Waals surface area contributed by atoms with Crippen molar-refractivity contribution in [3.05, 3.63) is 30.3 Å². The molecule has 0 radical (unpaired) electrons. The topological polar surface area (TPSA) is 113 Å². The molecule has 1 aromatic rings. The highest BCUT2D eigenvalue weighted by Crippen LogP contribution is 2.04. The number of para-hydroxylation sites is 1. The quantitative estimate of drug-likeness (QED) is 0.198. The molecule has 6 heteroatoms. The van der Waals surface area contributed by atoms with Crippen molar-refractivity contribution in [2.24, 2.45) is 0 Å². The number of hydrogen-bond donors (Lipinski definition) is 4.